The number of hydrogen-bond acceptors (Lipinski definition) is 2. The number of ether oxygens (including phenoxy) is 1. The number of hydrogen-bond donors (Lipinski definition) is 1. The SMILES string of the molecule is Cc1ccc([C@]2(CC(=O)O)CCO[C@@H](C(C)C)C2)cc1. The third kappa shape index (κ3) is 3.21. The van der Waals surface area contributed by atoms with Crippen LogP contribution in [0.15, 0.2) is 24.3 Å². The fraction of sp³-hybridized carbons (Fsp3) is 0.588. The van der Waals surface area contributed by atoms with E-state index >= 15 is 0 Å². The maximum absolute atomic E-state index is 11.3. The van der Waals surface area contributed by atoms with E-state index in [9.17, 15) is 9.90 Å². The first-order chi connectivity index (χ1) is 9.43. The number of aliphatic carboxylic acids is 1. The van der Waals surface area contributed by atoms with Gasteiger partial charge in [-0.3, -0.25) is 4.79 Å². The zero-order valence-corrected chi connectivity index (χ0v) is 12.6. The quantitative estimate of drug-likeness (QED) is 0.915. The second-order valence-electron chi connectivity index (χ2n) is 6.32. The minimum Gasteiger partial charge on any atom is -0.481 e. The maximum atomic E-state index is 11.3. The van der Waals surface area contributed by atoms with Crippen molar-refractivity contribution in [2.75, 3.05) is 6.61 Å². The van der Waals surface area contributed by atoms with Crippen LogP contribution in [0.1, 0.15) is 44.2 Å². The van der Waals surface area contributed by atoms with E-state index in [1.807, 2.05) is 0 Å². The summed E-state index contributed by atoms with van der Waals surface area (Å²) in [5.74, 6) is -0.316. The molecule has 20 heavy (non-hydrogen) atoms. The zero-order chi connectivity index (χ0) is 14.8. The van der Waals surface area contributed by atoms with Gasteiger partial charge in [0, 0.05) is 12.0 Å². The third-order valence-corrected chi connectivity index (χ3v) is 4.40. The molecule has 0 aliphatic carbocycles. The third-order valence-electron chi connectivity index (χ3n) is 4.40. The first-order valence-corrected chi connectivity index (χ1v) is 7.33. The Morgan fingerprint density at radius 2 is 2.05 bits per heavy atom. The van der Waals surface area contributed by atoms with E-state index in [0.29, 0.717) is 12.5 Å². The van der Waals surface area contributed by atoms with E-state index in [0.717, 1.165) is 18.4 Å². The Hall–Kier alpha value is -1.35. The summed E-state index contributed by atoms with van der Waals surface area (Å²) in [6, 6.07) is 8.31. The smallest absolute Gasteiger partial charge is 0.304 e. The summed E-state index contributed by atoms with van der Waals surface area (Å²) in [6.07, 6.45) is 1.90. The van der Waals surface area contributed by atoms with Gasteiger partial charge in [0.1, 0.15) is 0 Å². The average molecular weight is 276 g/mol. The van der Waals surface area contributed by atoms with Gasteiger partial charge in [0.15, 0.2) is 0 Å². The largest absolute Gasteiger partial charge is 0.481 e. The van der Waals surface area contributed by atoms with Crippen molar-refractivity contribution in [3.8, 4) is 0 Å². The molecule has 1 aliphatic rings. The van der Waals surface area contributed by atoms with Crippen molar-refractivity contribution in [1.29, 1.82) is 0 Å². The summed E-state index contributed by atoms with van der Waals surface area (Å²) in [6.45, 7) is 6.96. The van der Waals surface area contributed by atoms with Gasteiger partial charge in [0.05, 0.1) is 12.5 Å². The Labute approximate surface area is 121 Å². The van der Waals surface area contributed by atoms with E-state index in [-0.39, 0.29) is 17.9 Å². The van der Waals surface area contributed by atoms with Crippen LogP contribution < -0.4 is 0 Å². The molecule has 0 amide bonds. The molecule has 0 spiro atoms. The number of rotatable bonds is 4. The molecule has 1 aromatic rings. The van der Waals surface area contributed by atoms with Gasteiger partial charge < -0.3 is 9.84 Å². The van der Waals surface area contributed by atoms with Crippen LogP contribution in [-0.2, 0) is 14.9 Å². The second kappa shape index (κ2) is 5.96. The summed E-state index contributed by atoms with van der Waals surface area (Å²) >= 11 is 0. The lowest BCUT2D eigenvalue weighted by molar-refractivity contribution is -0.140. The fourth-order valence-electron chi connectivity index (χ4n) is 3.10. The van der Waals surface area contributed by atoms with Gasteiger partial charge in [-0.1, -0.05) is 43.7 Å². The van der Waals surface area contributed by atoms with Gasteiger partial charge in [0.25, 0.3) is 0 Å². The topological polar surface area (TPSA) is 46.5 Å². The lowest BCUT2D eigenvalue weighted by Crippen LogP contribution is -2.42. The number of carboxylic acids is 1. The monoisotopic (exact) mass is 276 g/mol. The van der Waals surface area contributed by atoms with Crippen LogP contribution in [-0.4, -0.2) is 23.8 Å². The molecule has 0 radical (unpaired) electrons. The van der Waals surface area contributed by atoms with Crippen LogP contribution in [0.3, 0.4) is 0 Å². The Balaban J connectivity index is 2.34. The van der Waals surface area contributed by atoms with Crippen LogP contribution in [0.2, 0.25) is 0 Å². The molecule has 3 heteroatoms. The van der Waals surface area contributed by atoms with Crippen molar-refractivity contribution in [3.05, 3.63) is 35.4 Å². The van der Waals surface area contributed by atoms with E-state index < -0.39 is 5.97 Å². The molecule has 110 valence electrons. The molecular weight excluding hydrogens is 252 g/mol. The Kier molecular flexibility index (Phi) is 4.48. The summed E-state index contributed by atoms with van der Waals surface area (Å²) in [5, 5.41) is 9.33. The van der Waals surface area contributed by atoms with Crippen molar-refractivity contribution in [3.63, 3.8) is 0 Å². The zero-order valence-electron chi connectivity index (χ0n) is 12.6. The number of carbonyl (C=O) groups is 1. The molecule has 1 heterocycles. The second-order valence-corrected chi connectivity index (χ2v) is 6.32. The highest BCUT2D eigenvalue weighted by Crippen LogP contribution is 2.41. The minimum atomic E-state index is -0.727. The van der Waals surface area contributed by atoms with E-state index in [1.165, 1.54) is 5.56 Å². The standard InChI is InChI=1S/C17H24O3/c1-12(2)15-10-17(8-9-20-15,11-16(18)19)14-6-4-13(3)5-7-14/h4-7,12,15H,8-11H2,1-3H3,(H,18,19)/t15-,17-/m1/s1. The van der Waals surface area contributed by atoms with Crippen molar-refractivity contribution < 1.29 is 14.6 Å². The molecule has 1 aromatic carbocycles. The Morgan fingerprint density at radius 1 is 1.40 bits per heavy atom. The first kappa shape index (κ1) is 15.0. The molecule has 0 saturated carbocycles. The Morgan fingerprint density at radius 3 is 2.60 bits per heavy atom. The molecule has 1 N–H and O–H groups in total. The number of aryl methyl sites for hydroxylation is 1. The molecule has 2 atom stereocenters. The molecule has 0 aromatic heterocycles. The van der Waals surface area contributed by atoms with Gasteiger partial charge in [-0.25, -0.2) is 0 Å². The van der Waals surface area contributed by atoms with Crippen LogP contribution in [0.4, 0.5) is 0 Å². The van der Waals surface area contributed by atoms with Gasteiger partial charge in [-0.05, 0) is 31.2 Å². The van der Waals surface area contributed by atoms with Gasteiger partial charge >= 0.3 is 5.97 Å². The van der Waals surface area contributed by atoms with Crippen LogP contribution in [0.25, 0.3) is 0 Å². The fourth-order valence-corrected chi connectivity index (χ4v) is 3.10. The molecule has 3 nitrogen and oxygen atoms in total. The summed E-state index contributed by atoms with van der Waals surface area (Å²) in [5.41, 5.74) is 2.05. The summed E-state index contributed by atoms with van der Waals surface area (Å²) in [7, 11) is 0. The van der Waals surface area contributed by atoms with E-state index in [1.54, 1.807) is 0 Å². The lowest BCUT2D eigenvalue weighted by Gasteiger charge is -2.42. The maximum Gasteiger partial charge on any atom is 0.304 e. The van der Waals surface area contributed by atoms with E-state index in [2.05, 4.69) is 45.0 Å². The molecule has 1 aliphatic heterocycles. The van der Waals surface area contributed by atoms with Crippen LogP contribution in [0.5, 0.6) is 0 Å². The van der Waals surface area contributed by atoms with Gasteiger partial charge in [-0.2, -0.15) is 0 Å². The van der Waals surface area contributed by atoms with Gasteiger partial charge in [0.2, 0.25) is 0 Å². The van der Waals surface area contributed by atoms with Crippen molar-refractivity contribution >= 4 is 5.97 Å². The number of carboxylic acid groups (broad SMARTS) is 1. The highest BCUT2D eigenvalue weighted by Gasteiger charge is 2.41. The summed E-state index contributed by atoms with van der Waals surface area (Å²) in [4.78, 5) is 11.3. The summed E-state index contributed by atoms with van der Waals surface area (Å²) < 4.78 is 5.83. The molecule has 0 unspecified atom stereocenters. The Bertz CT molecular complexity index is 464. The molecule has 1 saturated heterocycles. The molecule has 2 rings (SSSR count). The van der Waals surface area contributed by atoms with Crippen molar-refractivity contribution in [2.45, 2.75) is 51.6 Å². The predicted octanol–water partition coefficient (Wildman–Crippen LogP) is 3.54. The highest BCUT2D eigenvalue weighted by molar-refractivity contribution is 5.69. The minimum absolute atomic E-state index is 0.143. The molecule has 1 fully saturated rings. The lowest BCUT2D eigenvalue weighted by atomic mass is 9.68. The van der Waals surface area contributed by atoms with Gasteiger partial charge in [-0.15, -0.1) is 0 Å². The van der Waals surface area contributed by atoms with E-state index in [4.69, 9.17) is 4.74 Å². The van der Waals surface area contributed by atoms with Crippen molar-refractivity contribution in [2.24, 2.45) is 5.92 Å². The molecule has 0 bridgehead atoms. The van der Waals surface area contributed by atoms with Crippen LogP contribution in [0, 0.1) is 12.8 Å². The van der Waals surface area contributed by atoms with Crippen molar-refractivity contribution in [1.82, 2.24) is 0 Å². The number of benzene rings is 1. The predicted molar refractivity (Wildman–Crippen MR) is 78.9 cm³/mol. The van der Waals surface area contributed by atoms with Crippen LogP contribution >= 0.6 is 0 Å². The highest BCUT2D eigenvalue weighted by atomic mass is 16.5. The first-order valence-electron chi connectivity index (χ1n) is 7.33. The normalized spacial score (nSPS) is 26.7. The molecular formula is C17H24O3. The average Bonchev–Trinajstić information content (AvgIpc) is 2.38.